The standard InChI is InChI=1S/C11H13F3O4S/c1-7-3-8(2)5-9(4-7)18-10(11(12,13)14)6-19(15,16)17/h3-5,10H,6H2,1-2H3,(H,15,16,17). The third kappa shape index (κ3) is 5.48. The molecule has 0 saturated carbocycles. The maximum atomic E-state index is 12.6. The lowest BCUT2D eigenvalue weighted by atomic mass is 10.1. The molecule has 0 heterocycles. The van der Waals surface area contributed by atoms with Crippen LogP contribution in [0.5, 0.6) is 5.75 Å². The summed E-state index contributed by atoms with van der Waals surface area (Å²) in [5.74, 6) is -1.63. The summed E-state index contributed by atoms with van der Waals surface area (Å²) in [6.45, 7) is 3.34. The number of alkyl halides is 3. The van der Waals surface area contributed by atoms with Gasteiger partial charge in [0.15, 0.2) is 0 Å². The zero-order valence-corrected chi connectivity index (χ0v) is 11.0. The van der Waals surface area contributed by atoms with E-state index in [0.29, 0.717) is 11.1 Å². The van der Waals surface area contributed by atoms with Crippen molar-refractivity contribution in [2.45, 2.75) is 26.1 Å². The van der Waals surface area contributed by atoms with E-state index in [9.17, 15) is 21.6 Å². The first-order valence-electron chi connectivity index (χ1n) is 5.24. The second-order valence-corrected chi connectivity index (χ2v) is 5.72. The molecule has 1 rings (SSSR count). The zero-order chi connectivity index (χ0) is 14.8. The fourth-order valence-corrected chi connectivity index (χ4v) is 2.19. The van der Waals surface area contributed by atoms with Gasteiger partial charge in [-0.1, -0.05) is 6.07 Å². The van der Waals surface area contributed by atoms with Gasteiger partial charge in [-0.25, -0.2) is 0 Å². The largest absolute Gasteiger partial charge is 0.480 e. The smallest absolute Gasteiger partial charge is 0.426 e. The lowest BCUT2D eigenvalue weighted by Gasteiger charge is -2.21. The van der Waals surface area contributed by atoms with E-state index in [1.54, 1.807) is 19.9 Å². The van der Waals surface area contributed by atoms with Gasteiger partial charge in [0.2, 0.25) is 6.10 Å². The van der Waals surface area contributed by atoms with Crippen LogP contribution in [0.4, 0.5) is 13.2 Å². The van der Waals surface area contributed by atoms with Crippen LogP contribution in [0.2, 0.25) is 0 Å². The van der Waals surface area contributed by atoms with Crippen LogP contribution in [0.25, 0.3) is 0 Å². The van der Waals surface area contributed by atoms with E-state index in [4.69, 9.17) is 4.55 Å². The molecule has 108 valence electrons. The summed E-state index contributed by atoms with van der Waals surface area (Å²) in [6, 6.07) is 4.45. The number of rotatable bonds is 4. The average molecular weight is 298 g/mol. The van der Waals surface area contributed by atoms with Crippen LogP contribution in [0.3, 0.4) is 0 Å². The predicted molar refractivity (Wildman–Crippen MR) is 62.8 cm³/mol. The van der Waals surface area contributed by atoms with Crippen molar-refractivity contribution in [2.24, 2.45) is 0 Å². The zero-order valence-electron chi connectivity index (χ0n) is 10.2. The highest BCUT2D eigenvalue weighted by molar-refractivity contribution is 7.85. The normalized spacial score (nSPS) is 14.2. The molecule has 1 aromatic carbocycles. The third-order valence-corrected chi connectivity index (χ3v) is 2.92. The highest BCUT2D eigenvalue weighted by Gasteiger charge is 2.44. The predicted octanol–water partition coefficient (Wildman–Crippen LogP) is 2.50. The van der Waals surface area contributed by atoms with Gasteiger partial charge in [0.05, 0.1) is 0 Å². The second-order valence-electron chi connectivity index (χ2n) is 4.22. The van der Waals surface area contributed by atoms with Crippen LogP contribution in [0.15, 0.2) is 18.2 Å². The van der Waals surface area contributed by atoms with Gasteiger partial charge in [-0.2, -0.15) is 21.6 Å². The minimum Gasteiger partial charge on any atom is -0.480 e. The molecule has 0 aliphatic carbocycles. The van der Waals surface area contributed by atoms with Crippen LogP contribution >= 0.6 is 0 Å². The van der Waals surface area contributed by atoms with Crippen molar-refractivity contribution < 1.29 is 30.9 Å². The van der Waals surface area contributed by atoms with Gasteiger partial charge >= 0.3 is 6.18 Å². The van der Waals surface area contributed by atoms with Crippen molar-refractivity contribution in [2.75, 3.05) is 5.75 Å². The summed E-state index contributed by atoms with van der Waals surface area (Å²) in [5.41, 5.74) is 1.37. The molecule has 0 aliphatic rings. The van der Waals surface area contributed by atoms with Crippen molar-refractivity contribution in [3.05, 3.63) is 29.3 Å². The van der Waals surface area contributed by atoms with Crippen molar-refractivity contribution in [1.82, 2.24) is 0 Å². The minimum atomic E-state index is -4.90. The van der Waals surface area contributed by atoms with E-state index in [1.807, 2.05) is 0 Å². The van der Waals surface area contributed by atoms with Crippen LogP contribution in [-0.4, -0.2) is 31.0 Å². The van der Waals surface area contributed by atoms with Crippen LogP contribution in [-0.2, 0) is 10.1 Å². The average Bonchev–Trinajstić information content (AvgIpc) is 2.10. The number of halogens is 3. The maximum Gasteiger partial charge on any atom is 0.426 e. The summed E-state index contributed by atoms with van der Waals surface area (Å²) in [5, 5.41) is 0. The van der Waals surface area contributed by atoms with E-state index >= 15 is 0 Å². The van der Waals surface area contributed by atoms with E-state index in [-0.39, 0.29) is 5.75 Å². The van der Waals surface area contributed by atoms with Gasteiger partial charge < -0.3 is 4.74 Å². The molecule has 0 amide bonds. The van der Waals surface area contributed by atoms with Gasteiger partial charge in [-0.3, -0.25) is 4.55 Å². The Morgan fingerprint density at radius 1 is 1.21 bits per heavy atom. The van der Waals surface area contributed by atoms with Gasteiger partial charge in [-0.15, -0.1) is 0 Å². The Hall–Kier alpha value is -1.28. The van der Waals surface area contributed by atoms with Crippen molar-refractivity contribution >= 4 is 10.1 Å². The molecule has 0 saturated heterocycles. The monoisotopic (exact) mass is 298 g/mol. The Morgan fingerprint density at radius 3 is 2.05 bits per heavy atom. The topological polar surface area (TPSA) is 63.6 Å². The Balaban J connectivity index is 3.01. The Morgan fingerprint density at radius 2 is 1.68 bits per heavy atom. The Kier molecular flexibility index (Phi) is 4.46. The second kappa shape index (κ2) is 5.38. The number of aryl methyl sites for hydroxylation is 2. The number of hydrogen-bond acceptors (Lipinski definition) is 3. The lowest BCUT2D eigenvalue weighted by Crippen LogP contribution is -2.40. The van der Waals surface area contributed by atoms with Gasteiger partial charge in [0.1, 0.15) is 11.5 Å². The number of hydrogen-bond donors (Lipinski definition) is 1. The molecule has 1 unspecified atom stereocenters. The van der Waals surface area contributed by atoms with Gasteiger partial charge in [0.25, 0.3) is 10.1 Å². The first-order valence-corrected chi connectivity index (χ1v) is 6.85. The molecule has 1 N–H and O–H groups in total. The van der Waals surface area contributed by atoms with Crippen molar-refractivity contribution in [3.63, 3.8) is 0 Å². The molecule has 0 radical (unpaired) electrons. The molecule has 1 atom stereocenters. The molecule has 0 aliphatic heterocycles. The van der Waals surface area contributed by atoms with Gasteiger partial charge in [0, 0.05) is 0 Å². The molecule has 0 aromatic heterocycles. The van der Waals surface area contributed by atoms with E-state index in [1.165, 1.54) is 12.1 Å². The molecule has 0 bridgehead atoms. The van der Waals surface area contributed by atoms with E-state index in [0.717, 1.165) is 0 Å². The fourth-order valence-electron chi connectivity index (χ4n) is 1.55. The molecule has 0 spiro atoms. The summed E-state index contributed by atoms with van der Waals surface area (Å²) in [7, 11) is -4.79. The van der Waals surface area contributed by atoms with Crippen LogP contribution in [0, 0.1) is 13.8 Å². The maximum absolute atomic E-state index is 12.6. The summed E-state index contributed by atoms with van der Waals surface area (Å²) < 4.78 is 72.3. The van der Waals surface area contributed by atoms with Crippen LogP contribution < -0.4 is 4.74 Å². The van der Waals surface area contributed by atoms with Crippen molar-refractivity contribution in [3.8, 4) is 5.75 Å². The fraction of sp³-hybridized carbons (Fsp3) is 0.455. The summed E-state index contributed by atoms with van der Waals surface area (Å²) in [4.78, 5) is 0. The minimum absolute atomic E-state index is 0.0940. The molecular formula is C11H13F3O4S. The van der Waals surface area contributed by atoms with Gasteiger partial charge in [-0.05, 0) is 37.1 Å². The van der Waals surface area contributed by atoms with E-state index in [2.05, 4.69) is 4.74 Å². The molecule has 8 heteroatoms. The number of benzene rings is 1. The number of ether oxygens (including phenoxy) is 1. The lowest BCUT2D eigenvalue weighted by molar-refractivity contribution is -0.188. The van der Waals surface area contributed by atoms with Crippen molar-refractivity contribution in [1.29, 1.82) is 0 Å². The third-order valence-electron chi connectivity index (χ3n) is 2.20. The Bertz CT molecular complexity index is 531. The molecular weight excluding hydrogens is 285 g/mol. The van der Waals surface area contributed by atoms with Crippen LogP contribution in [0.1, 0.15) is 11.1 Å². The molecule has 4 nitrogen and oxygen atoms in total. The first-order chi connectivity index (χ1) is 8.47. The highest BCUT2D eigenvalue weighted by Crippen LogP contribution is 2.27. The molecule has 19 heavy (non-hydrogen) atoms. The first kappa shape index (κ1) is 15.8. The SMILES string of the molecule is Cc1cc(C)cc(OC(CS(=O)(=O)O)C(F)(F)F)c1. The molecule has 1 aromatic rings. The Labute approximate surface area is 108 Å². The molecule has 0 fully saturated rings. The quantitative estimate of drug-likeness (QED) is 0.867. The van der Waals surface area contributed by atoms with E-state index < -0.39 is 28.2 Å². The summed E-state index contributed by atoms with van der Waals surface area (Å²) >= 11 is 0. The highest BCUT2D eigenvalue weighted by atomic mass is 32.2. The summed E-state index contributed by atoms with van der Waals surface area (Å²) in [6.07, 6.45) is -7.50.